The van der Waals surface area contributed by atoms with Gasteiger partial charge in [-0.25, -0.2) is 0 Å². The van der Waals surface area contributed by atoms with E-state index in [-0.39, 0.29) is 21.2 Å². The van der Waals surface area contributed by atoms with E-state index in [4.69, 9.17) is 34.7 Å². The average Bonchev–Trinajstić information content (AvgIpc) is 2.59. The van der Waals surface area contributed by atoms with E-state index in [0.29, 0.717) is 10.0 Å². The molecular formula is C18H12Cl2N4S2. The number of thioether (sulfide) groups is 2. The SMILES string of the molecule is N#CC(=C(/N)Sc1cccc(Cl)c1)/C(C#N)=C(\N)Sc1cccc(Cl)c1. The summed E-state index contributed by atoms with van der Waals surface area (Å²) in [6.45, 7) is 0. The Bertz CT molecular complexity index is 892. The molecule has 0 atom stereocenters. The molecule has 0 aliphatic carbocycles. The Kier molecular flexibility index (Phi) is 7.32. The Morgan fingerprint density at radius 2 is 1.15 bits per heavy atom. The third-order valence-electron chi connectivity index (χ3n) is 3.01. The lowest BCUT2D eigenvalue weighted by Crippen LogP contribution is -2.05. The zero-order chi connectivity index (χ0) is 19.1. The van der Waals surface area contributed by atoms with Gasteiger partial charge in [0.05, 0.1) is 10.1 Å². The summed E-state index contributed by atoms with van der Waals surface area (Å²) < 4.78 is 0. The first kappa shape index (κ1) is 20.1. The Hall–Kier alpha value is -2.22. The van der Waals surface area contributed by atoms with Crippen LogP contribution in [-0.2, 0) is 0 Å². The van der Waals surface area contributed by atoms with Crippen LogP contribution in [-0.4, -0.2) is 0 Å². The second-order valence-corrected chi connectivity index (χ2v) is 7.92. The van der Waals surface area contributed by atoms with E-state index in [1.165, 1.54) is 0 Å². The molecule has 0 unspecified atom stereocenters. The highest BCUT2D eigenvalue weighted by Crippen LogP contribution is 2.33. The van der Waals surface area contributed by atoms with Gasteiger partial charge in [0, 0.05) is 19.8 Å². The molecule has 0 radical (unpaired) electrons. The van der Waals surface area contributed by atoms with E-state index in [1.54, 1.807) is 48.5 Å². The number of rotatable bonds is 5. The number of nitrogens with two attached hydrogens (primary N) is 2. The summed E-state index contributed by atoms with van der Waals surface area (Å²) in [6, 6.07) is 18.0. The van der Waals surface area contributed by atoms with Gasteiger partial charge in [-0.15, -0.1) is 0 Å². The highest BCUT2D eigenvalue weighted by molar-refractivity contribution is 8.03. The molecule has 0 aliphatic rings. The van der Waals surface area contributed by atoms with E-state index in [9.17, 15) is 10.5 Å². The Balaban J connectivity index is 2.37. The van der Waals surface area contributed by atoms with Crippen LogP contribution in [0, 0.1) is 22.7 Å². The van der Waals surface area contributed by atoms with Crippen LogP contribution in [0.4, 0.5) is 0 Å². The molecular weight excluding hydrogens is 407 g/mol. The summed E-state index contributed by atoms with van der Waals surface area (Å²) in [6.07, 6.45) is 0. The van der Waals surface area contributed by atoms with Crippen molar-refractivity contribution in [2.45, 2.75) is 9.79 Å². The molecule has 0 bridgehead atoms. The first-order chi connectivity index (χ1) is 12.4. The van der Waals surface area contributed by atoms with Crippen molar-refractivity contribution in [1.82, 2.24) is 0 Å². The van der Waals surface area contributed by atoms with Gasteiger partial charge in [0.2, 0.25) is 0 Å². The Morgan fingerprint density at radius 1 is 0.769 bits per heavy atom. The van der Waals surface area contributed by atoms with Gasteiger partial charge in [0.1, 0.15) is 23.3 Å². The van der Waals surface area contributed by atoms with Gasteiger partial charge in [-0.05, 0) is 36.4 Å². The van der Waals surface area contributed by atoms with Crippen LogP contribution in [0.5, 0.6) is 0 Å². The minimum atomic E-state index is 0.0181. The molecule has 0 fully saturated rings. The topological polar surface area (TPSA) is 99.6 Å². The van der Waals surface area contributed by atoms with Crippen LogP contribution in [0.2, 0.25) is 10.0 Å². The molecule has 4 N–H and O–H groups in total. The zero-order valence-electron chi connectivity index (χ0n) is 13.2. The van der Waals surface area contributed by atoms with Gasteiger partial charge in [-0.2, -0.15) is 10.5 Å². The second kappa shape index (κ2) is 9.47. The summed E-state index contributed by atoms with van der Waals surface area (Å²) in [7, 11) is 0. The van der Waals surface area contributed by atoms with E-state index in [2.05, 4.69) is 0 Å². The molecule has 2 aromatic rings. The van der Waals surface area contributed by atoms with Gasteiger partial charge in [0.15, 0.2) is 0 Å². The maximum Gasteiger partial charge on any atom is 0.103 e. The quantitative estimate of drug-likeness (QED) is 0.389. The van der Waals surface area contributed by atoms with Gasteiger partial charge in [0.25, 0.3) is 0 Å². The Labute approximate surface area is 170 Å². The van der Waals surface area contributed by atoms with Crippen LogP contribution in [0.1, 0.15) is 0 Å². The second-order valence-electron chi connectivity index (χ2n) is 4.82. The molecule has 0 saturated carbocycles. The lowest BCUT2D eigenvalue weighted by molar-refractivity contribution is 1.34. The van der Waals surface area contributed by atoms with Crippen molar-refractivity contribution in [2.75, 3.05) is 0 Å². The predicted octanol–water partition coefficient (Wildman–Crippen LogP) is 5.27. The third-order valence-corrected chi connectivity index (χ3v) is 5.31. The largest absolute Gasteiger partial charge is 0.392 e. The molecule has 2 aromatic carbocycles. The third kappa shape index (κ3) is 5.39. The van der Waals surface area contributed by atoms with Crippen LogP contribution >= 0.6 is 46.7 Å². The number of hydrogen-bond donors (Lipinski definition) is 2. The minimum absolute atomic E-state index is 0.0181. The molecule has 0 amide bonds. The molecule has 0 aromatic heterocycles. The highest BCUT2D eigenvalue weighted by atomic mass is 35.5. The molecule has 0 aliphatic heterocycles. The normalized spacial score (nSPS) is 12.5. The van der Waals surface area contributed by atoms with Crippen molar-refractivity contribution in [3.8, 4) is 12.1 Å². The van der Waals surface area contributed by atoms with E-state index in [0.717, 1.165) is 33.3 Å². The molecule has 26 heavy (non-hydrogen) atoms. The minimum Gasteiger partial charge on any atom is -0.392 e. The van der Waals surface area contributed by atoms with Crippen LogP contribution in [0.3, 0.4) is 0 Å². The first-order valence-corrected chi connectivity index (χ1v) is 9.50. The lowest BCUT2D eigenvalue weighted by atomic mass is 10.1. The van der Waals surface area contributed by atoms with Gasteiger partial charge < -0.3 is 11.5 Å². The molecule has 0 heterocycles. The van der Waals surface area contributed by atoms with Crippen LogP contribution < -0.4 is 11.5 Å². The van der Waals surface area contributed by atoms with Crippen LogP contribution in [0.15, 0.2) is 79.5 Å². The van der Waals surface area contributed by atoms with Gasteiger partial charge >= 0.3 is 0 Å². The lowest BCUT2D eigenvalue weighted by Gasteiger charge is -2.08. The first-order valence-electron chi connectivity index (χ1n) is 7.11. The van der Waals surface area contributed by atoms with Crippen molar-refractivity contribution in [2.24, 2.45) is 11.5 Å². The monoisotopic (exact) mass is 418 g/mol. The fraction of sp³-hybridized carbons (Fsp3) is 0. The summed E-state index contributed by atoms with van der Waals surface area (Å²) >= 11 is 14.2. The number of halogens is 2. The Morgan fingerprint density at radius 3 is 1.46 bits per heavy atom. The molecule has 0 spiro atoms. The number of nitrogens with zero attached hydrogens (tertiary/aromatic N) is 2. The standard InChI is InChI=1S/C18H12Cl2N4S2/c19-11-3-1-5-13(7-11)25-17(23)15(9-21)16(10-22)18(24)26-14-6-2-4-12(20)8-14/h1-8H,23-24H2/b17-15+,18-16+. The average molecular weight is 419 g/mol. The number of nitriles is 2. The zero-order valence-corrected chi connectivity index (χ0v) is 16.4. The van der Waals surface area contributed by atoms with Gasteiger partial charge in [-0.3, -0.25) is 0 Å². The maximum atomic E-state index is 9.49. The predicted molar refractivity (Wildman–Crippen MR) is 108 cm³/mol. The molecule has 130 valence electrons. The fourth-order valence-corrected chi connectivity index (χ4v) is 4.07. The molecule has 0 saturated heterocycles. The van der Waals surface area contributed by atoms with Crippen molar-refractivity contribution < 1.29 is 0 Å². The van der Waals surface area contributed by atoms with Crippen molar-refractivity contribution in [3.63, 3.8) is 0 Å². The number of allylic oxidation sites excluding steroid dienone is 2. The van der Waals surface area contributed by atoms with Gasteiger partial charge in [-0.1, -0.05) is 58.9 Å². The van der Waals surface area contributed by atoms with Crippen molar-refractivity contribution in [3.05, 3.63) is 79.8 Å². The van der Waals surface area contributed by atoms with E-state index >= 15 is 0 Å². The number of benzene rings is 2. The van der Waals surface area contributed by atoms with Crippen LogP contribution in [0.25, 0.3) is 0 Å². The fourth-order valence-electron chi connectivity index (χ4n) is 1.89. The summed E-state index contributed by atoms with van der Waals surface area (Å²) in [4.78, 5) is 1.50. The molecule has 4 nitrogen and oxygen atoms in total. The summed E-state index contributed by atoms with van der Waals surface area (Å²) in [5.74, 6) is 0. The maximum absolute atomic E-state index is 9.49. The molecule has 8 heteroatoms. The smallest absolute Gasteiger partial charge is 0.103 e. The van der Waals surface area contributed by atoms with Crippen molar-refractivity contribution in [1.29, 1.82) is 10.5 Å². The molecule has 2 rings (SSSR count). The summed E-state index contributed by atoms with van der Waals surface area (Å²) in [5.41, 5.74) is 12.1. The van der Waals surface area contributed by atoms with E-state index in [1.807, 2.05) is 12.1 Å². The summed E-state index contributed by atoms with van der Waals surface area (Å²) in [5, 5.41) is 20.4. The van der Waals surface area contributed by atoms with E-state index < -0.39 is 0 Å². The highest BCUT2D eigenvalue weighted by Gasteiger charge is 2.16. The number of hydrogen-bond acceptors (Lipinski definition) is 6. The van der Waals surface area contributed by atoms with Crippen molar-refractivity contribution >= 4 is 46.7 Å².